The summed E-state index contributed by atoms with van der Waals surface area (Å²) in [7, 11) is 2.87. The number of anilines is 1. The lowest BCUT2D eigenvalue weighted by Crippen LogP contribution is -2.17. The van der Waals surface area contributed by atoms with Crippen molar-refractivity contribution in [2.75, 3.05) is 19.5 Å². The van der Waals surface area contributed by atoms with Crippen LogP contribution in [-0.4, -0.2) is 49.3 Å². The number of aromatic amines is 1. The molecule has 0 radical (unpaired) electrons. The van der Waals surface area contributed by atoms with Gasteiger partial charge in [-0.25, -0.2) is 9.18 Å². The van der Waals surface area contributed by atoms with Crippen LogP contribution in [0.5, 0.6) is 11.5 Å². The molecule has 13 heteroatoms. The van der Waals surface area contributed by atoms with E-state index in [1.54, 1.807) is 43.3 Å². The quantitative estimate of drug-likeness (QED) is 0.323. The second-order valence-electron chi connectivity index (χ2n) is 7.83. The predicted octanol–water partition coefficient (Wildman–Crippen LogP) is 3.07. The second kappa shape index (κ2) is 9.89. The lowest BCUT2D eigenvalue weighted by molar-refractivity contribution is 0.351. The number of rotatable bonds is 8. The van der Waals surface area contributed by atoms with Gasteiger partial charge in [-0.3, -0.25) is 4.98 Å². The van der Waals surface area contributed by atoms with Crippen LogP contribution in [0, 0.1) is 12.7 Å². The molecule has 1 atom stereocenters. The maximum Gasteiger partial charge on any atom is 0.349 e. The van der Waals surface area contributed by atoms with E-state index in [0.717, 1.165) is 10.2 Å². The SMILES string of the molecule is COc1cc(F)c(C(Nc2ccc(-c3noc(C)n3)cc2)c2nn(-c3cccnn3)c(=O)[nH]2)cc1OC. The minimum absolute atomic E-state index is 0.139. The van der Waals surface area contributed by atoms with Gasteiger partial charge in [-0.1, -0.05) is 5.16 Å². The summed E-state index contributed by atoms with van der Waals surface area (Å²) in [5.41, 5.74) is 0.941. The third-order valence-electron chi connectivity index (χ3n) is 5.48. The number of halogens is 1. The van der Waals surface area contributed by atoms with Crippen molar-refractivity contribution in [1.82, 2.24) is 35.1 Å². The Hall–Kier alpha value is -5.07. The summed E-state index contributed by atoms with van der Waals surface area (Å²) < 4.78 is 32.0. The molecule has 0 saturated carbocycles. The number of hydrogen-bond donors (Lipinski definition) is 2. The molecule has 0 saturated heterocycles. The molecule has 0 fully saturated rings. The van der Waals surface area contributed by atoms with Gasteiger partial charge >= 0.3 is 5.69 Å². The number of nitrogens with one attached hydrogen (secondary N) is 2. The zero-order valence-electron chi connectivity index (χ0n) is 20.0. The lowest BCUT2D eigenvalue weighted by Gasteiger charge is -2.20. The number of nitrogens with zero attached hydrogens (tertiary/aromatic N) is 6. The largest absolute Gasteiger partial charge is 0.493 e. The third kappa shape index (κ3) is 4.74. The van der Waals surface area contributed by atoms with E-state index in [4.69, 9.17) is 14.0 Å². The third-order valence-corrected chi connectivity index (χ3v) is 5.48. The molecule has 188 valence electrons. The van der Waals surface area contributed by atoms with Crippen LogP contribution in [0.15, 0.2) is 64.0 Å². The molecule has 3 heterocycles. The highest BCUT2D eigenvalue weighted by molar-refractivity contribution is 5.60. The van der Waals surface area contributed by atoms with E-state index in [2.05, 4.69) is 35.7 Å². The maximum absolute atomic E-state index is 15.4. The molecule has 0 amide bonds. The van der Waals surface area contributed by atoms with Crippen LogP contribution in [-0.2, 0) is 0 Å². The number of aromatic nitrogens is 7. The van der Waals surface area contributed by atoms with Crippen molar-refractivity contribution in [2.24, 2.45) is 0 Å². The van der Waals surface area contributed by atoms with Gasteiger partial charge in [0.2, 0.25) is 11.7 Å². The van der Waals surface area contributed by atoms with Crippen LogP contribution in [0.1, 0.15) is 23.3 Å². The van der Waals surface area contributed by atoms with Crippen LogP contribution in [0.4, 0.5) is 10.1 Å². The standard InChI is InChI=1S/C24H21FN8O4/c1-13-27-22(32-37-13)14-6-8-15(9-7-14)28-21(16-11-18(35-2)19(36-3)12-17(16)25)23-29-24(34)33(31-23)20-5-4-10-26-30-20/h4-12,21,28H,1-3H3,(H,29,31,34). The number of aryl methyl sites for hydroxylation is 1. The Bertz CT molecular complexity index is 1580. The molecule has 0 aliphatic carbocycles. The molecule has 3 aromatic heterocycles. The number of ether oxygens (including phenoxy) is 2. The van der Waals surface area contributed by atoms with Crippen LogP contribution < -0.4 is 20.5 Å². The van der Waals surface area contributed by atoms with E-state index in [1.165, 1.54) is 32.5 Å². The fourth-order valence-electron chi connectivity index (χ4n) is 3.72. The molecular weight excluding hydrogens is 483 g/mol. The Balaban J connectivity index is 1.57. The van der Waals surface area contributed by atoms with Gasteiger partial charge in [0.25, 0.3) is 0 Å². The Kier molecular flexibility index (Phi) is 6.32. The summed E-state index contributed by atoms with van der Waals surface area (Å²) >= 11 is 0. The fourth-order valence-corrected chi connectivity index (χ4v) is 3.72. The van der Waals surface area contributed by atoms with Gasteiger partial charge in [-0.2, -0.15) is 14.8 Å². The van der Waals surface area contributed by atoms with Gasteiger partial charge < -0.3 is 19.3 Å². The number of methoxy groups -OCH3 is 2. The molecular formula is C24H21FN8O4. The van der Waals surface area contributed by atoms with Crippen molar-refractivity contribution >= 4 is 5.69 Å². The van der Waals surface area contributed by atoms with Crippen LogP contribution >= 0.6 is 0 Å². The van der Waals surface area contributed by atoms with Crippen LogP contribution in [0.3, 0.4) is 0 Å². The fraction of sp³-hybridized carbons (Fsp3) is 0.167. The molecule has 0 spiro atoms. The van der Waals surface area contributed by atoms with E-state index in [1.807, 2.05) is 0 Å². The van der Waals surface area contributed by atoms with Crippen molar-refractivity contribution in [2.45, 2.75) is 13.0 Å². The van der Waals surface area contributed by atoms with Crippen molar-refractivity contribution in [3.05, 3.63) is 88.3 Å². The Morgan fingerprint density at radius 2 is 1.86 bits per heavy atom. The summed E-state index contributed by atoms with van der Waals surface area (Å²) in [6.07, 6.45) is 1.48. The zero-order chi connectivity index (χ0) is 25.9. The Morgan fingerprint density at radius 1 is 1.11 bits per heavy atom. The molecule has 12 nitrogen and oxygen atoms in total. The average Bonchev–Trinajstić information content (AvgIpc) is 3.53. The number of benzene rings is 2. The average molecular weight is 504 g/mol. The second-order valence-corrected chi connectivity index (χ2v) is 7.83. The van der Waals surface area contributed by atoms with Crippen molar-refractivity contribution in [1.29, 1.82) is 0 Å². The smallest absolute Gasteiger partial charge is 0.349 e. The van der Waals surface area contributed by atoms with Gasteiger partial charge in [0.15, 0.2) is 23.1 Å². The van der Waals surface area contributed by atoms with Crippen LogP contribution in [0.25, 0.3) is 17.2 Å². The predicted molar refractivity (Wildman–Crippen MR) is 129 cm³/mol. The highest BCUT2D eigenvalue weighted by Crippen LogP contribution is 2.35. The first-order valence-corrected chi connectivity index (χ1v) is 11.0. The van der Waals surface area contributed by atoms with E-state index in [-0.39, 0.29) is 23.0 Å². The summed E-state index contributed by atoms with van der Waals surface area (Å²) in [5, 5.41) is 19.2. The van der Waals surface area contributed by atoms with Gasteiger partial charge in [0.1, 0.15) is 11.9 Å². The van der Waals surface area contributed by atoms with Crippen LogP contribution in [0.2, 0.25) is 0 Å². The highest BCUT2D eigenvalue weighted by atomic mass is 19.1. The van der Waals surface area contributed by atoms with Gasteiger partial charge in [-0.15, -0.1) is 10.2 Å². The number of H-pyrrole nitrogens is 1. The molecule has 5 aromatic rings. The molecule has 5 rings (SSSR count). The first-order valence-electron chi connectivity index (χ1n) is 11.0. The zero-order valence-corrected chi connectivity index (χ0v) is 20.0. The maximum atomic E-state index is 15.4. The Labute approximate surface area is 209 Å². The lowest BCUT2D eigenvalue weighted by atomic mass is 10.0. The van der Waals surface area contributed by atoms with E-state index in [0.29, 0.717) is 23.2 Å². The minimum atomic E-state index is -0.927. The molecule has 2 N–H and O–H groups in total. The van der Waals surface area contributed by atoms with E-state index >= 15 is 4.39 Å². The van der Waals surface area contributed by atoms with Gasteiger partial charge in [0, 0.05) is 36.0 Å². The minimum Gasteiger partial charge on any atom is -0.493 e. The van der Waals surface area contributed by atoms with E-state index in [9.17, 15) is 4.79 Å². The summed E-state index contributed by atoms with van der Waals surface area (Å²) in [6, 6.07) is 12.1. The van der Waals surface area contributed by atoms with Crippen molar-refractivity contribution < 1.29 is 18.4 Å². The molecule has 0 aliphatic heterocycles. The van der Waals surface area contributed by atoms with Crippen molar-refractivity contribution in [3.8, 4) is 28.7 Å². The monoisotopic (exact) mass is 504 g/mol. The summed E-state index contributed by atoms with van der Waals surface area (Å²) in [6.45, 7) is 1.70. The molecule has 0 bridgehead atoms. The molecule has 1 unspecified atom stereocenters. The normalized spacial score (nSPS) is 11.8. The van der Waals surface area contributed by atoms with E-state index < -0.39 is 17.5 Å². The molecule has 37 heavy (non-hydrogen) atoms. The first kappa shape index (κ1) is 23.7. The molecule has 2 aromatic carbocycles. The first-order chi connectivity index (χ1) is 18.0. The number of hydrogen-bond acceptors (Lipinski definition) is 10. The van der Waals surface area contributed by atoms with Gasteiger partial charge in [0.05, 0.1) is 14.2 Å². The summed E-state index contributed by atoms with van der Waals surface area (Å²) in [4.78, 5) is 19.6. The van der Waals surface area contributed by atoms with Gasteiger partial charge in [-0.05, 0) is 42.5 Å². The summed E-state index contributed by atoms with van der Waals surface area (Å²) in [5.74, 6) is 1.18. The highest BCUT2D eigenvalue weighted by Gasteiger charge is 2.26. The van der Waals surface area contributed by atoms with Crippen molar-refractivity contribution in [3.63, 3.8) is 0 Å². The molecule has 0 aliphatic rings. The topological polar surface area (TPSA) is 146 Å². The Morgan fingerprint density at radius 3 is 2.51 bits per heavy atom.